The van der Waals surface area contributed by atoms with Crippen LogP contribution < -0.4 is 21.3 Å². The van der Waals surface area contributed by atoms with Crippen molar-refractivity contribution < 1.29 is 36.9 Å². The van der Waals surface area contributed by atoms with Crippen molar-refractivity contribution >= 4 is 89.2 Å². The highest BCUT2D eigenvalue weighted by molar-refractivity contribution is 6.77. The summed E-state index contributed by atoms with van der Waals surface area (Å²) in [7, 11) is -7.62. The minimum Gasteiger partial charge on any atom is -0.416 e. The molecule has 140 heavy (non-hydrogen) atoms. The van der Waals surface area contributed by atoms with Crippen LogP contribution >= 0.6 is 0 Å². The van der Waals surface area contributed by atoms with Crippen molar-refractivity contribution in [1.29, 1.82) is 0 Å². The zero-order chi connectivity index (χ0) is 101. The molecule has 8 rings (SSSR count). The molecule has 0 spiro atoms. The summed E-state index contributed by atoms with van der Waals surface area (Å²) in [5.41, 5.74) is 15.2. The number of benzene rings is 8. The SMILES string of the molecule is CCCCCCCC[Si](OCCCCCCNC(=O)c1ccc(-c2cc(-c3ccc(C(=O)NCCCCCCO[Si](CCCCCCCC)(C(C)C)C(C)C)cc3)c3ccc4c(-c5ccc(C(=O)NCCCCCCO[Si](CCCCCCCC)(C(C)C)C(C)C)cc5)cc(-c5ccc(C(=O)NCCCCCCO[Si](CCCCCCCC)(C(C)C)C(C)C)cc5)c5ccc2c3c54)cc1)(C(C)C)C(C)C. The van der Waals surface area contributed by atoms with E-state index in [-0.39, 0.29) is 23.6 Å². The van der Waals surface area contributed by atoms with Gasteiger partial charge in [-0.3, -0.25) is 19.2 Å². The van der Waals surface area contributed by atoms with Gasteiger partial charge in [-0.15, -0.1) is 0 Å². The van der Waals surface area contributed by atoms with Gasteiger partial charge in [0.2, 0.25) is 0 Å². The first kappa shape index (κ1) is 119. The largest absolute Gasteiger partial charge is 0.416 e. The van der Waals surface area contributed by atoms with E-state index >= 15 is 0 Å². The Kier molecular flexibility index (Phi) is 54.0. The van der Waals surface area contributed by atoms with Crippen LogP contribution in [0.3, 0.4) is 0 Å². The van der Waals surface area contributed by atoms with Crippen LogP contribution in [0.15, 0.2) is 133 Å². The van der Waals surface area contributed by atoms with Gasteiger partial charge < -0.3 is 39.0 Å². The molecule has 0 aliphatic rings. The molecule has 0 radical (unpaired) electrons. The number of amides is 4. The summed E-state index contributed by atoms with van der Waals surface area (Å²) < 4.78 is 28.2. The van der Waals surface area contributed by atoms with Crippen LogP contribution in [0.5, 0.6) is 0 Å². The molecule has 0 atom stereocenters. The standard InChI is InChI=1S/C124H198N4O8Si4/c1-21-25-29-33-45-57-89-137(95(5)6,96(7)8)133-85-53-41-37-49-81-125-121(129)107-69-61-103(62-70-107)115-93-116(104-63-71-108(72-64-104)122(130)126-82-50-38-42-54-86-134-138(97(9)10,98(11)12)90-58-46-34-30-26-22-2)112-79-80-114-118(106-67-75-110(76-68-106)124(132)128-84-52-40-44-56-88-136-140(101(17)18,102(19)20)92-60-48-36-32-28-24-4)94-117(113-78-77-111(115)119(112)120(113)114)105-65-73-109(74-66-105)123(131)127-83-51-39-43-55-87-135-139(99(13)14,100(15)16)91-59-47-35-31-27-23-3/h61-80,93-102H,21-60,81-92H2,1-20H3,(H,125,129)(H,126,130)(H,127,131)(H,128,132). The first-order valence-electron chi connectivity index (χ1n) is 57.5. The second-order valence-electron chi connectivity index (χ2n) is 44.5. The third-order valence-electron chi connectivity index (χ3n) is 32.1. The number of unbranched alkanes of at least 4 members (excludes halogenated alkanes) is 32. The van der Waals surface area contributed by atoms with Crippen molar-refractivity contribution in [2.24, 2.45) is 0 Å². The molecule has 8 aromatic rings. The highest BCUT2D eigenvalue weighted by atomic mass is 28.4. The second kappa shape index (κ2) is 63.7. The molecule has 0 fully saturated rings. The van der Waals surface area contributed by atoms with E-state index in [4.69, 9.17) is 17.7 Å². The topological polar surface area (TPSA) is 153 Å². The molecule has 0 saturated carbocycles. The minimum atomic E-state index is -1.91. The van der Waals surface area contributed by atoms with Gasteiger partial charge in [0.1, 0.15) is 0 Å². The molecule has 12 nitrogen and oxygen atoms in total. The van der Waals surface area contributed by atoms with Gasteiger partial charge in [0.15, 0.2) is 33.3 Å². The highest BCUT2D eigenvalue weighted by Crippen LogP contribution is 2.50. The normalized spacial score (nSPS) is 12.5. The Hall–Kier alpha value is -6.61. The molecule has 0 aliphatic heterocycles. The molecule has 0 aliphatic carbocycles. The summed E-state index contributed by atoms with van der Waals surface area (Å²) >= 11 is 0. The molecule has 0 saturated heterocycles. The van der Waals surface area contributed by atoms with E-state index in [0.29, 0.717) is 92.8 Å². The fraction of sp³-hybridized carbons (Fsp3) is 0.645. The molecule has 778 valence electrons. The Morgan fingerprint density at radius 3 is 0.557 bits per heavy atom. The van der Waals surface area contributed by atoms with Gasteiger partial charge in [0.25, 0.3) is 23.6 Å². The van der Waals surface area contributed by atoms with Gasteiger partial charge in [-0.2, -0.15) is 0 Å². The van der Waals surface area contributed by atoms with E-state index in [0.717, 1.165) is 206 Å². The van der Waals surface area contributed by atoms with E-state index in [1.54, 1.807) is 0 Å². The lowest BCUT2D eigenvalue weighted by molar-refractivity contribution is 0.0944. The molecule has 8 aromatic carbocycles. The Morgan fingerprint density at radius 2 is 0.379 bits per heavy atom. The van der Waals surface area contributed by atoms with Crippen molar-refractivity contribution in [2.75, 3.05) is 52.6 Å². The summed E-state index contributed by atoms with van der Waals surface area (Å²) in [6.07, 6.45) is 47.8. The molecule has 4 amide bonds. The zero-order valence-corrected chi connectivity index (χ0v) is 96.4. The van der Waals surface area contributed by atoms with Crippen molar-refractivity contribution in [3.63, 3.8) is 0 Å². The highest BCUT2D eigenvalue weighted by Gasteiger charge is 2.45. The van der Waals surface area contributed by atoms with Gasteiger partial charge in [-0.05, 0) is 257 Å². The third-order valence-corrected chi connectivity index (χ3v) is 55.3. The monoisotopic (exact) mass is 1980 g/mol. The maximum absolute atomic E-state index is 14.2. The number of hydrogen-bond donors (Lipinski definition) is 4. The van der Waals surface area contributed by atoms with Crippen LogP contribution in [0, 0.1) is 0 Å². The Labute approximate surface area is 858 Å². The number of hydrogen-bond acceptors (Lipinski definition) is 8. The molecule has 4 N–H and O–H groups in total. The third kappa shape index (κ3) is 35.3. The quantitative estimate of drug-likeness (QED) is 0.0167. The maximum atomic E-state index is 14.2. The minimum absolute atomic E-state index is 0.0777. The van der Waals surface area contributed by atoms with Crippen LogP contribution in [0.4, 0.5) is 0 Å². The van der Waals surface area contributed by atoms with Crippen molar-refractivity contribution in [3.8, 4) is 44.5 Å². The number of nitrogens with one attached hydrogen (secondary N) is 4. The van der Waals surface area contributed by atoms with Crippen LogP contribution in [0.25, 0.3) is 76.8 Å². The number of carbonyl (C=O) groups excluding carboxylic acids is 4. The lowest BCUT2D eigenvalue weighted by Crippen LogP contribution is -2.45. The van der Waals surface area contributed by atoms with Crippen LogP contribution in [0.1, 0.15) is 437 Å². The summed E-state index contributed by atoms with van der Waals surface area (Å²) in [4.78, 5) is 56.7. The first-order valence-corrected chi connectivity index (χ1v) is 66.6. The average molecular weight is 1990 g/mol. The molecular formula is C124H198N4O8Si4. The summed E-state index contributed by atoms with van der Waals surface area (Å²) in [6.45, 7) is 53.3. The van der Waals surface area contributed by atoms with E-state index in [1.165, 1.54) is 178 Å². The Morgan fingerprint density at radius 1 is 0.214 bits per heavy atom. The van der Waals surface area contributed by atoms with Crippen LogP contribution in [-0.4, -0.2) is 110 Å². The molecule has 0 unspecified atom stereocenters. The van der Waals surface area contributed by atoms with E-state index in [2.05, 4.69) is 245 Å². The van der Waals surface area contributed by atoms with Crippen LogP contribution in [0.2, 0.25) is 68.5 Å². The summed E-state index contributed by atoms with van der Waals surface area (Å²) in [5.74, 6) is -0.311. The van der Waals surface area contributed by atoms with Gasteiger partial charge in [-0.25, -0.2) is 0 Å². The average Bonchev–Trinajstić information content (AvgIpc) is 0.705. The Bertz CT molecular complexity index is 4190. The fourth-order valence-corrected chi connectivity index (χ4v) is 41.6. The molecule has 0 heterocycles. The lowest BCUT2D eigenvalue weighted by Gasteiger charge is -2.39. The summed E-state index contributed by atoms with van der Waals surface area (Å²) in [5, 5.41) is 19.6. The van der Waals surface area contributed by atoms with Gasteiger partial charge >= 0.3 is 0 Å². The predicted molar refractivity (Wildman–Crippen MR) is 615 cm³/mol. The van der Waals surface area contributed by atoms with Gasteiger partial charge in [-0.1, -0.05) is 417 Å². The van der Waals surface area contributed by atoms with Crippen molar-refractivity contribution in [2.45, 2.75) is 464 Å². The first-order chi connectivity index (χ1) is 67.6. The molecular weight excluding hydrogens is 1790 g/mol. The number of rotatable bonds is 76. The number of carbonyl (C=O) groups is 4. The Balaban J connectivity index is 1.06. The summed E-state index contributed by atoms with van der Waals surface area (Å²) in [6, 6.07) is 51.3. The van der Waals surface area contributed by atoms with Gasteiger partial charge in [0.05, 0.1) is 0 Å². The fourth-order valence-electron chi connectivity index (χ4n) is 23.1. The molecule has 0 bridgehead atoms. The van der Waals surface area contributed by atoms with E-state index < -0.39 is 33.3 Å². The van der Waals surface area contributed by atoms with Gasteiger partial charge in [0, 0.05) is 74.9 Å². The lowest BCUT2D eigenvalue weighted by atomic mass is 9.81. The molecule has 16 heteroatoms. The maximum Gasteiger partial charge on any atom is 0.251 e. The smallest absolute Gasteiger partial charge is 0.251 e. The predicted octanol–water partition coefficient (Wildman–Crippen LogP) is 37.0. The van der Waals surface area contributed by atoms with Crippen LogP contribution in [-0.2, 0) is 17.7 Å². The van der Waals surface area contributed by atoms with E-state index in [9.17, 15) is 19.2 Å². The second-order valence-corrected chi connectivity index (χ2v) is 64.6. The van der Waals surface area contributed by atoms with E-state index in [1.807, 2.05) is 48.5 Å². The zero-order valence-electron chi connectivity index (χ0n) is 92.4. The van der Waals surface area contributed by atoms with Crippen molar-refractivity contribution in [3.05, 3.63) is 156 Å². The van der Waals surface area contributed by atoms with Crippen molar-refractivity contribution in [1.82, 2.24) is 21.3 Å². The molecule has 0 aromatic heterocycles.